The fourth-order valence-electron chi connectivity index (χ4n) is 2.54. The highest BCUT2D eigenvalue weighted by Crippen LogP contribution is 2.10. The average Bonchev–Trinajstić information content (AvgIpc) is 2.64. The van der Waals surface area contributed by atoms with Crippen LogP contribution in [0.15, 0.2) is 0 Å². The van der Waals surface area contributed by atoms with Crippen molar-refractivity contribution in [3.63, 3.8) is 0 Å². The van der Waals surface area contributed by atoms with Gasteiger partial charge in [0.25, 0.3) is 0 Å². The molecule has 0 bridgehead atoms. The molecule has 0 aliphatic rings. The van der Waals surface area contributed by atoms with E-state index in [2.05, 4.69) is 10.8 Å². The van der Waals surface area contributed by atoms with Crippen molar-refractivity contribution in [2.24, 2.45) is 0 Å². The first-order valence-electron chi connectivity index (χ1n) is 9.62. The predicted octanol–water partition coefficient (Wildman–Crippen LogP) is 1.26. The normalized spacial score (nSPS) is 14.9. The molecule has 0 aliphatic carbocycles. The monoisotopic (exact) mass is 362 g/mol. The second kappa shape index (κ2) is 16.7. The van der Waals surface area contributed by atoms with Gasteiger partial charge in [-0.3, -0.25) is 9.63 Å². The SMILES string of the molecule is CCC(O)C(O)C(CO)ONCCCCCCCCCCC(=O)NC. The maximum Gasteiger partial charge on any atom is 0.219 e. The fourth-order valence-corrected chi connectivity index (χ4v) is 2.54. The third-order valence-electron chi connectivity index (χ3n) is 4.32. The third kappa shape index (κ3) is 13.2. The van der Waals surface area contributed by atoms with Crippen LogP contribution < -0.4 is 10.8 Å². The summed E-state index contributed by atoms with van der Waals surface area (Å²) >= 11 is 0. The highest BCUT2D eigenvalue weighted by molar-refractivity contribution is 5.75. The lowest BCUT2D eigenvalue weighted by Crippen LogP contribution is -2.43. The van der Waals surface area contributed by atoms with E-state index in [1.807, 2.05) is 0 Å². The minimum absolute atomic E-state index is 0.120. The Kier molecular flexibility index (Phi) is 16.2. The maximum atomic E-state index is 11.1. The number of aliphatic hydroxyl groups excluding tert-OH is 3. The zero-order chi connectivity index (χ0) is 18.9. The number of hydrogen-bond donors (Lipinski definition) is 5. The van der Waals surface area contributed by atoms with E-state index in [0.717, 1.165) is 32.1 Å². The third-order valence-corrected chi connectivity index (χ3v) is 4.32. The van der Waals surface area contributed by atoms with E-state index in [4.69, 9.17) is 4.84 Å². The summed E-state index contributed by atoms with van der Waals surface area (Å²) in [6, 6.07) is 0. The van der Waals surface area contributed by atoms with E-state index >= 15 is 0 Å². The van der Waals surface area contributed by atoms with Crippen molar-refractivity contribution in [3.8, 4) is 0 Å². The van der Waals surface area contributed by atoms with Crippen LogP contribution in [0.25, 0.3) is 0 Å². The molecule has 150 valence electrons. The van der Waals surface area contributed by atoms with Crippen LogP contribution in [0.4, 0.5) is 0 Å². The molecule has 25 heavy (non-hydrogen) atoms. The first kappa shape index (κ1) is 24.3. The lowest BCUT2D eigenvalue weighted by atomic mass is 10.1. The highest BCUT2D eigenvalue weighted by atomic mass is 16.7. The van der Waals surface area contributed by atoms with Gasteiger partial charge in [-0.1, -0.05) is 45.4 Å². The van der Waals surface area contributed by atoms with Crippen LogP contribution in [-0.2, 0) is 9.63 Å². The zero-order valence-electron chi connectivity index (χ0n) is 15.9. The van der Waals surface area contributed by atoms with Gasteiger partial charge in [-0.2, -0.15) is 0 Å². The topological polar surface area (TPSA) is 111 Å². The van der Waals surface area contributed by atoms with Crippen molar-refractivity contribution >= 4 is 5.91 Å². The molecule has 0 aromatic heterocycles. The summed E-state index contributed by atoms with van der Waals surface area (Å²) in [5.74, 6) is 0.120. The second-order valence-corrected chi connectivity index (χ2v) is 6.45. The lowest BCUT2D eigenvalue weighted by molar-refractivity contribution is -0.138. The molecule has 3 unspecified atom stereocenters. The molecule has 0 aromatic carbocycles. The molecule has 7 heteroatoms. The molecule has 0 radical (unpaired) electrons. The van der Waals surface area contributed by atoms with E-state index in [9.17, 15) is 20.1 Å². The van der Waals surface area contributed by atoms with Gasteiger partial charge in [0.1, 0.15) is 12.2 Å². The molecule has 0 rings (SSSR count). The van der Waals surface area contributed by atoms with Crippen LogP contribution in [0.3, 0.4) is 0 Å². The van der Waals surface area contributed by atoms with Crippen LogP contribution in [0, 0.1) is 0 Å². The van der Waals surface area contributed by atoms with Gasteiger partial charge in [-0.05, 0) is 19.3 Å². The van der Waals surface area contributed by atoms with Crippen molar-refractivity contribution in [1.29, 1.82) is 0 Å². The summed E-state index contributed by atoms with van der Waals surface area (Å²) in [5, 5.41) is 31.2. The molecule has 0 fully saturated rings. The summed E-state index contributed by atoms with van der Waals surface area (Å²) in [4.78, 5) is 16.3. The Bertz CT molecular complexity index is 318. The van der Waals surface area contributed by atoms with E-state index in [-0.39, 0.29) is 12.5 Å². The Morgan fingerprint density at radius 3 is 2.08 bits per heavy atom. The van der Waals surface area contributed by atoms with Gasteiger partial charge in [0.05, 0.1) is 12.7 Å². The summed E-state index contributed by atoms with van der Waals surface area (Å²) in [7, 11) is 1.67. The minimum atomic E-state index is -1.09. The fraction of sp³-hybridized carbons (Fsp3) is 0.944. The Morgan fingerprint density at radius 1 is 1.00 bits per heavy atom. The summed E-state index contributed by atoms with van der Waals surface area (Å²) in [5.41, 5.74) is 2.76. The van der Waals surface area contributed by atoms with Gasteiger partial charge in [0.2, 0.25) is 5.91 Å². The van der Waals surface area contributed by atoms with E-state index in [0.29, 0.717) is 19.4 Å². The molecule has 7 nitrogen and oxygen atoms in total. The van der Waals surface area contributed by atoms with Crippen LogP contribution in [-0.4, -0.2) is 59.7 Å². The maximum absolute atomic E-state index is 11.1. The summed E-state index contributed by atoms with van der Waals surface area (Å²) in [6.07, 6.45) is 7.10. The number of hydroxylamine groups is 1. The molecule has 3 atom stereocenters. The van der Waals surface area contributed by atoms with Gasteiger partial charge < -0.3 is 20.6 Å². The Hall–Kier alpha value is -0.730. The van der Waals surface area contributed by atoms with Crippen molar-refractivity contribution in [2.75, 3.05) is 20.2 Å². The number of nitrogens with one attached hydrogen (secondary N) is 2. The number of amides is 1. The Balaban J connectivity index is 3.42. The second-order valence-electron chi connectivity index (χ2n) is 6.45. The highest BCUT2D eigenvalue weighted by Gasteiger charge is 2.25. The first-order chi connectivity index (χ1) is 12.1. The van der Waals surface area contributed by atoms with E-state index in [1.54, 1.807) is 14.0 Å². The van der Waals surface area contributed by atoms with Crippen LogP contribution >= 0.6 is 0 Å². The smallest absolute Gasteiger partial charge is 0.219 e. The van der Waals surface area contributed by atoms with Gasteiger partial charge in [0.15, 0.2) is 0 Å². The molecular weight excluding hydrogens is 324 g/mol. The van der Waals surface area contributed by atoms with Crippen LogP contribution in [0.1, 0.15) is 71.1 Å². The molecule has 0 saturated heterocycles. The summed E-state index contributed by atoms with van der Waals surface area (Å²) < 4.78 is 0. The quantitative estimate of drug-likeness (QED) is 0.197. The number of unbranched alkanes of at least 4 members (excludes halogenated alkanes) is 7. The number of hydrogen-bond acceptors (Lipinski definition) is 6. The molecule has 0 spiro atoms. The van der Waals surface area contributed by atoms with Gasteiger partial charge in [-0.15, -0.1) is 0 Å². The Morgan fingerprint density at radius 2 is 1.56 bits per heavy atom. The number of carbonyl (C=O) groups is 1. The molecular formula is C18H38N2O5. The Labute approximate surface area is 152 Å². The van der Waals surface area contributed by atoms with Gasteiger partial charge >= 0.3 is 0 Å². The molecule has 1 amide bonds. The number of carbonyl (C=O) groups excluding carboxylic acids is 1. The average molecular weight is 363 g/mol. The van der Waals surface area contributed by atoms with Crippen molar-refractivity contribution in [3.05, 3.63) is 0 Å². The van der Waals surface area contributed by atoms with Crippen molar-refractivity contribution < 1.29 is 25.0 Å². The van der Waals surface area contributed by atoms with E-state index < -0.39 is 18.3 Å². The van der Waals surface area contributed by atoms with Crippen LogP contribution in [0.2, 0.25) is 0 Å². The molecule has 0 saturated carbocycles. The molecule has 5 N–H and O–H groups in total. The minimum Gasteiger partial charge on any atom is -0.393 e. The standard InChI is InChI=1S/C18H38N2O5/c1-3-15(22)18(24)16(14-21)25-20-13-11-9-7-5-4-6-8-10-12-17(23)19-2/h15-16,18,20-22,24H,3-14H2,1-2H3,(H,19,23). The zero-order valence-corrected chi connectivity index (χ0v) is 15.9. The van der Waals surface area contributed by atoms with Crippen molar-refractivity contribution in [1.82, 2.24) is 10.8 Å². The van der Waals surface area contributed by atoms with Crippen molar-refractivity contribution in [2.45, 2.75) is 89.4 Å². The first-order valence-corrected chi connectivity index (χ1v) is 9.62. The summed E-state index contributed by atoms with van der Waals surface area (Å²) in [6.45, 7) is 2.07. The number of rotatable bonds is 17. The largest absolute Gasteiger partial charge is 0.393 e. The molecule has 0 aromatic rings. The van der Waals surface area contributed by atoms with Crippen LogP contribution in [0.5, 0.6) is 0 Å². The lowest BCUT2D eigenvalue weighted by Gasteiger charge is -2.24. The molecule has 0 aliphatic heterocycles. The van der Waals surface area contributed by atoms with Gasteiger partial charge in [-0.25, -0.2) is 5.48 Å². The molecule has 0 heterocycles. The van der Waals surface area contributed by atoms with Gasteiger partial charge in [0, 0.05) is 20.0 Å². The number of aliphatic hydroxyl groups is 3. The van der Waals surface area contributed by atoms with E-state index in [1.165, 1.54) is 19.3 Å². The predicted molar refractivity (Wildman–Crippen MR) is 97.9 cm³/mol.